The summed E-state index contributed by atoms with van der Waals surface area (Å²) in [5, 5.41) is 6.47. The fourth-order valence-corrected chi connectivity index (χ4v) is 3.13. The maximum Gasteiger partial charge on any atom is 0.213 e. The molecule has 0 spiro atoms. The summed E-state index contributed by atoms with van der Waals surface area (Å²) in [5.74, 6) is 3.12. The van der Waals surface area contributed by atoms with Crippen LogP contribution in [0, 0.1) is 0 Å². The zero-order chi connectivity index (χ0) is 19.7. The zero-order valence-electron chi connectivity index (χ0n) is 16.4. The Kier molecular flexibility index (Phi) is 6.52. The number of ether oxygens (including phenoxy) is 2. The first-order chi connectivity index (χ1) is 14.4. The minimum atomic E-state index is 0.646. The van der Waals surface area contributed by atoms with Crippen molar-refractivity contribution >= 4 is 11.7 Å². The van der Waals surface area contributed by atoms with E-state index in [-0.39, 0.29) is 0 Å². The Morgan fingerprint density at radius 3 is 1.59 bits per heavy atom. The van der Waals surface area contributed by atoms with Crippen LogP contribution >= 0.6 is 0 Å². The Morgan fingerprint density at radius 2 is 1.21 bits per heavy atom. The monoisotopic (exact) mass is 394 g/mol. The number of aliphatic imine (C=N–C) groups is 2. The molecule has 0 aliphatic carbocycles. The van der Waals surface area contributed by atoms with Gasteiger partial charge in [-0.05, 0) is 31.4 Å². The van der Waals surface area contributed by atoms with Gasteiger partial charge in [-0.25, -0.2) is 9.97 Å². The molecule has 29 heavy (non-hydrogen) atoms. The van der Waals surface area contributed by atoms with Crippen LogP contribution in [0.15, 0.2) is 46.6 Å². The Labute approximate surface area is 170 Å². The molecule has 2 aliphatic heterocycles. The molecule has 0 saturated carbocycles. The smallest absolute Gasteiger partial charge is 0.213 e. The van der Waals surface area contributed by atoms with E-state index in [0.29, 0.717) is 25.0 Å². The van der Waals surface area contributed by atoms with Gasteiger partial charge in [0.15, 0.2) is 0 Å². The number of rotatable bonds is 10. The van der Waals surface area contributed by atoms with E-state index in [2.05, 4.69) is 30.6 Å². The van der Waals surface area contributed by atoms with E-state index in [4.69, 9.17) is 9.47 Å². The van der Waals surface area contributed by atoms with E-state index in [1.165, 1.54) is 0 Å². The molecule has 4 rings (SSSR count). The van der Waals surface area contributed by atoms with E-state index in [1.54, 1.807) is 12.4 Å². The molecular formula is C21H26N6O2. The lowest BCUT2D eigenvalue weighted by Crippen LogP contribution is -2.19. The largest absolute Gasteiger partial charge is 0.478 e. The number of amidine groups is 2. The normalized spacial score (nSPS) is 15.3. The highest BCUT2D eigenvalue weighted by atomic mass is 16.5. The van der Waals surface area contributed by atoms with Crippen LogP contribution in [0.25, 0.3) is 0 Å². The summed E-state index contributed by atoms with van der Waals surface area (Å²) in [7, 11) is 0. The summed E-state index contributed by atoms with van der Waals surface area (Å²) < 4.78 is 11.4. The Bertz CT molecular complexity index is 777. The van der Waals surface area contributed by atoms with Gasteiger partial charge in [0.25, 0.3) is 0 Å². The average Bonchev–Trinajstić information content (AvgIpc) is 3.48. The van der Waals surface area contributed by atoms with Gasteiger partial charge in [0.05, 0.1) is 26.3 Å². The summed E-state index contributed by atoms with van der Waals surface area (Å²) in [6.45, 7) is 4.73. The van der Waals surface area contributed by atoms with Crippen LogP contribution in [0.4, 0.5) is 0 Å². The van der Waals surface area contributed by atoms with Crippen molar-refractivity contribution in [1.29, 1.82) is 0 Å². The van der Waals surface area contributed by atoms with E-state index in [1.807, 2.05) is 24.3 Å². The molecule has 152 valence electrons. The van der Waals surface area contributed by atoms with Crippen LogP contribution < -0.4 is 20.1 Å². The molecule has 0 amide bonds. The van der Waals surface area contributed by atoms with Gasteiger partial charge in [0, 0.05) is 48.7 Å². The molecule has 0 unspecified atom stereocenters. The lowest BCUT2D eigenvalue weighted by molar-refractivity contribution is 0.269. The second kappa shape index (κ2) is 9.86. The molecule has 0 atom stereocenters. The van der Waals surface area contributed by atoms with E-state index < -0.39 is 0 Å². The fourth-order valence-electron chi connectivity index (χ4n) is 3.13. The molecule has 0 fully saturated rings. The Hall–Kier alpha value is -3.16. The van der Waals surface area contributed by atoms with E-state index in [9.17, 15) is 0 Å². The van der Waals surface area contributed by atoms with Crippen molar-refractivity contribution in [1.82, 2.24) is 20.6 Å². The van der Waals surface area contributed by atoms with Crippen molar-refractivity contribution in [3.05, 3.63) is 47.8 Å². The maximum absolute atomic E-state index is 5.71. The molecule has 0 saturated heterocycles. The first kappa shape index (κ1) is 19.2. The van der Waals surface area contributed by atoms with Crippen LogP contribution in [0.3, 0.4) is 0 Å². The van der Waals surface area contributed by atoms with Gasteiger partial charge in [0.1, 0.15) is 11.7 Å². The van der Waals surface area contributed by atoms with Gasteiger partial charge >= 0.3 is 0 Å². The van der Waals surface area contributed by atoms with Crippen LogP contribution in [0.5, 0.6) is 11.8 Å². The van der Waals surface area contributed by atoms with Crippen molar-refractivity contribution in [2.75, 3.05) is 39.4 Å². The second-order valence-corrected chi connectivity index (χ2v) is 6.84. The highest BCUT2D eigenvalue weighted by Crippen LogP contribution is 2.12. The second-order valence-electron chi connectivity index (χ2n) is 6.84. The molecule has 2 aliphatic rings. The molecule has 2 aromatic heterocycles. The molecule has 2 aromatic rings. The molecule has 4 heterocycles. The third kappa shape index (κ3) is 5.43. The van der Waals surface area contributed by atoms with Crippen molar-refractivity contribution < 1.29 is 9.47 Å². The summed E-state index contributed by atoms with van der Waals surface area (Å²) in [5.41, 5.74) is 2.00. The number of nitrogens with one attached hydrogen (secondary N) is 2. The summed E-state index contributed by atoms with van der Waals surface area (Å²) in [6, 6.07) is 7.76. The highest BCUT2D eigenvalue weighted by molar-refractivity contribution is 6.00. The van der Waals surface area contributed by atoms with Gasteiger partial charge in [-0.15, -0.1) is 0 Å². The van der Waals surface area contributed by atoms with Crippen LogP contribution in [0.1, 0.15) is 30.4 Å². The standard InChI is InChI=1S/C21H26N6O2/c1(2-12-28-18-6-4-16(14-26-18)20-22-8-9-23-20)3-13-29-19-7-5-17(15-27-19)21-24-10-11-25-21/h4-7,14-15H,1-3,8-13H2,(H,22,23)(H,24,25). The Morgan fingerprint density at radius 1 is 0.690 bits per heavy atom. The van der Waals surface area contributed by atoms with Gasteiger partial charge < -0.3 is 20.1 Å². The molecule has 8 heteroatoms. The number of nitrogens with zero attached hydrogens (tertiary/aromatic N) is 4. The van der Waals surface area contributed by atoms with Crippen molar-refractivity contribution in [2.24, 2.45) is 9.98 Å². The third-order valence-electron chi connectivity index (χ3n) is 4.66. The van der Waals surface area contributed by atoms with Crippen molar-refractivity contribution in [3.8, 4) is 11.8 Å². The van der Waals surface area contributed by atoms with Crippen LogP contribution in [-0.2, 0) is 0 Å². The molecule has 0 aromatic carbocycles. The first-order valence-corrected chi connectivity index (χ1v) is 10.1. The van der Waals surface area contributed by atoms with Gasteiger partial charge in [-0.1, -0.05) is 0 Å². The Balaban J connectivity index is 1.08. The van der Waals surface area contributed by atoms with Gasteiger partial charge in [-0.3, -0.25) is 9.98 Å². The molecule has 0 bridgehead atoms. The number of hydrogen-bond donors (Lipinski definition) is 2. The number of unbranched alkanes of at least 4 members (excludes halogenated alkanes) is 2. The summed E-state index contributed by atoms with van der Waals surface area (Å²) in [6.07, 6.45) is 6.54. The lowest BCUT2D eigenvalue weighted by Gasteiger charge is -2.08. The maximum atomic E-state index is 5.71. The molecule has 0 radical (unpaired) electrons. The van der Waals surface area contributed by atoms with Crippen molar-refractivity contribution in [2.45, 2.75) is 19.3 Å². The average molecular weight is 394 g/mol. The van der Waals surface area contributed by atoms with Crippen LogP contribution in [-0.4, -0.2) is 61.0 Å². The van der Waals surface area contributed by atoms with E-state index in [0.717, 1.165) is 68.2 Å². The first-order valence-electron chi connectivity index (χ1n) is 10.1. The zero-order valence-corrected chi connectivity index (χ0v) is 16.4. The van der Waals surface area contributed by atoms with Crippen LogP contribution in [0.2, 0.25) is 0 Å². The van der Waals surface area contributed by atoms with Gasteiger partial charge in [-0.2, -0.15) is 0 Å². The topological polar surface area (TPSA) is 93.0 Å². The fraction of sp³-hybridized carbons (Fsp3) is 0.429. The molecule has 2 N–H and O–H groups in total. The lowest BCUT2D eigenvalue weighted by atomic mass is 10.2. The number of pyridine rings is 2. The number of aromatic nitrogens is 2. The molecule has 8 nitrogen and oxygen atoms in total. The van der Waals surface area contributed by atoms with Crippen molar-refractivity contribution in [3.63, 3.8) is 0 Å². The summed E-state index contributed by atoms with van der Waals surface area (Å²) >= 11 is 0. The minimum absolute atomic E-state index is 0.646. The predicted octanol–water partition coefficient (Wildman–Crippen LogP) is 1.80. The number of hydrogen-bond acceptors (Lipinski definition) is 8. The third-order valence-corrected chi connectivity index (χ3v) is 4.66. The van der Waals surface area contributed by atoms with E-state index >= 15 is 0 Å². The predicted molar refractivity (Wildman–Crippen MR) is 112 cm³/mol. The highest BCUT2D eigenvalue weighted by Gasteiger charge is 2.09. The molecular weight excluding hydrogens is 368 g/mol. The SMILES string of the molecule is c1cc(OCCCCCOc2ccc(C3=NCCN3)cn2)ncc1C1=NCCN1. The minimum Gasteiger partial charge on any atom is -0.478 e. The quantitative estimate of drug-likeness (QED) is 0.597. The van der Waals surface area contributed by atoms with Gasteiger partial charge in [0.2, 0.25) is 11.8 Å². The summed E-state index contributed by atoms with van der Waals surface area (Å²) in [4.78, 5) is 17.5.